The van der Waals surface area contributed by atoms with Gasteiger partial charge >= 0.3 is 0 Å². The molecule has 0 radical (unpaired) electrons. The second-order valence-corrected chi connectivity index (χ2v) is 4.20. The monoisotopic (exact) mass is 256 g/mol. The van der Waals surface area contributed by atoms with Gasteiger partial charge < -0.3 is 10.4 Å². The molecule has 0 aliphatic heterocycles. The molecule has 0 spiro atoms. The number of halogens is 1. The summed E-state index contributed by atoms with van der Waals surface area (Å²) in [6.07, 6.45) is 0. The van der Waals surface area contributed by atoms with Gasteiger partial charge in [0.25, 0.3) is 0 Å². The molecule has 0 saturated heterocycles. The Morgan fingerprint density at radius 3 is 2.63 bits per heavy atom. The van der Waals surface area contributed by atoms with E-state index in [-0.39, 0.29) is 17.4 Å². The molecule has 0 bridgehead atoms. The minimum Gasteiger partial charge on any atom is -0.508 e. The lowest BCUT2D eigenvalue weighted by Crippen LogP contribution is -2.08. The van der Waals surface area contributed by atoms with E-state index >= 15 is 0 Å². The summed E-state index contributed by atoms with van der Waals surface area (Å²) in [7, 11) is 0. The van der Waals surface area contributed by atoms with Crippen LogP contribution < -0.4 is 5.32 Å². The molecule has 0 aliphatic carbocycles. The first-order valence-electron chi connectivity index (χ1n) is 5.86. The molecule has 2 rings (SSSR count). The highest BCUT2D eigenvalue weighted by Crippen LogP contribution is 2.28. The van der Waals surface area contributed by atoms with Crippen molar-refractivity contribution in [2.45, 2.75) is 13.0 Å². The number of phenolic OH excluding ortho intramolecular Hbond substituents is 1. The van der Waals surface area contributed by atoms with Crippen LogP contribution in [0.25, 0.3) is 0 Å². The number of aromatic hydroxyl groups is 1. The second kappa shape index (κ2) is 5.40. The molecule has 2 aromatic rings. The normalized spacial score (nSPS) is 11.6. The third-order valence-electron chi connectivity index (χ3n) is 2.90. The van der Waals surface area contributed by atoms with Gasteiger partial charge in [0.1, 0.15) is 23.2 Å². The van der Waals surface area contributed by atoms with Crippen LogP contribution in [0.3, 0.4) is 0 Å². The summed E-state index contributed by atoms with van der Waals surface area (Å²) in [5.41, 5.74) is 1.08. The van der Waals surface area contributed by atoms with Gasteiger partial charge in [-0.3, -0.25) is 0 Å². The highest BCUT2D eigenvalue weighted by atomic mass is 19.1. The Labute approximate surface area is 110 Å². The zero-order chi connectivity index (χ0) is 13.8. The largest absolute Gasteiger partial charge is 0.508 e. The molecule has 0 heterocycles. The number of nitrogens with one attached hydrogen (secondary N) is 1. The van der Waals surface area contributed by atoms with Gasteiger partial charge in [-0.1, -0.05) is 24.3 Å². The quantitative estimate of drug-likeness (QED) is 0.882. The van der Waals surface area contributed by atoms with Crippen LogP contribution in [0.5, 0.6) is 5.75 Å². The van der Waals surface area contributed by atoms with Gasteiger partial charge in [0.2, 0.25) is 0 Å². The SMILES string of the molecule is CC(Nc1cccc(F)c1C#N)c1ccccc1O. The molecule has 96 valence electrons. The summed E-state index contributed by atoms with van der Waals surface area (Å²) in [5, 5.41) is 21.8. The molecule has 0 fully saturated rings. The Morgan fingerprint density at radius 2 is 1.95 bits per heavy atom. The summed E-state index contributed by atoms with van der Waals surface area (Å²) in [6, 6.07) is 12.9. The van der Waals surface area contributed by atoms with Gasteiger partial charge in [-0.15, -0.1) is 0 Å². The second-order valence-electron chi connectivity index (χ2n) is 4.20. The van der Waals surface area contributed by atoms with E-state index in [0.29, 0.717) is 11.3 Å². The summed E-state index contributed by atoms with van der Waals surface area (Å²) < 4.78 is 13.5. The number of anilines is 1. The van der Waals surface area contributed by atoms with E-state index in [9.17, 15) is 9.50 Å². The predicted molar refractivity (Wildman–Crippen MR) is 71.3 cm³/mol. The molecule has 3 nitrogen and oxygen atoms in total. The van der Waals surface area contributed by atoms with Crippen molar-refractivity contribution in [2.75, 3.05) is 5.32 Å². The van der Waals surface area contributed by atoms with Crippen LogP contribution in [0.4, 0.5) is 10.1 Å². The van der Waals surface area contributed by atoms with Crippen LogP contribution in [0, 0.1) is 17.1 Å². The van der Waals surface area contributed by atoms with Crippen molar-refractivity contribution in [3.63, 3.8) is 0 Å². The van der Waals surface area contributed by atoms with Gasteiger partial charge in [-0.25, -0.2) is 4.39 Å². The van der Waals surface area contributed by atoms with Crippen molar-refractivity contribution in [3.8, 4) is 11.8 Å². The Bertz CT molecular complexity index is 634. The molecule has 0 amide bonds. The van der Waals surface area contributed by atoms with Gasteiger partial charge in [0.05, 0.1) is 11.7 Å². The first kappa shape index (κ1) is 12.9. The van der Waals surface area contributed by atoms with E-state index in [1.54, 1.807) is 24.3 Å². The smallest absolute Gasteiger partial charge is 0.143 e. The third-order valence-corrected chi connectivity index (χ3v) is 2.90. The maximum absolute atomic E-state index is 13.5. The molecule has 0 saturated carbocycles. The van der Waals surface area contributed by atoms with E-state index in [2.05, 4.69) is 5.32 Å². The summed E-state index contributed by atoms with van der Waals surface area (Å²) in [6.45, 7) is 1.83. The van der Waals surface area contributed by atoms with Crippen LogP contribution in [-0.2, 0) is 0 Å². The third kappa shape index (κ3) is 2.66. The van der Waals surface area contributed by atoms with Crippen LogP contribution in [0.1, 0.15) is 24.1 Å². The van der Waals surface area contributed by atoms with Crippen LogP contribution in [0.2, 0.25) is 0 Å². The number of hydrogen-bond donors (Lipinski definition) is 2. The number of nitrogens with zero attached hydrogens (tertiary/aromatic N) is 1. The summed E-state index contributed by atoms with van der Waals surface area (Å²) in [4.78, 5) is 0. The van der Waals surface area contributed by atoms with E-state index < -0.39 is 5.82 Å². The Morgan fingerprint density at radius 1 is 1.21 bits per heavy atom. The minimum atomic E-state index is -0.558. The van der Waals surface area contributed by atoms with E-state index in [1.165, 1.54) is 12.1 Å². The highest BCUT2D eigenvalue weighted by Gasteiger charge is 2.13. The zero-order valence-corrected chi connectivity index (χ0v) is 10.4. The van der Waals surface area contributed by atoms with Crippen molar-refractivity contribution >= 4 is 5.69 Å². The van der Waals surface area contributed by atoms with Crippen molar-refractivity contribution in [2.24, 2.45) is 0 Å². The molecule has 1 unspecified atom stereocenters. The van der Waals surface area contributed by atoms with Crippen LogP contribution >= 0.6 is 0 Å². The van der Waals surface area contributed by atoms with Gasteiger partial charge in [-0.2, -0.15) is 5.26 Å². The fraction of sp³-hybridized carbons (Fsp3) is 0.133. The minimum absolute atomic E-state index is 0.0234. The molecule has 4 heteroatoms. The fourth-order valence-corrected chi connectivity index (χ4v) is 1.92. The first-order chi connectivity index (χ1) is 9.13. The summed E-state index contributed by atoms with van der Waals surface area (Å²) >= 11 is 0. The number of hydrogen-bond acceptors (Lipinski definition) is 3. The lowest BCUT2D eigenvalue weighted by molar-refractivity contribution is 0.465. The van der Waals surface area contributed by atoms with Crippen molar-refractivity contribution in [1.82, 2.24) is 0 Å². The number of phenols is 1. The lowest BCUT2D eigenvalue weighted by Gasteiger charge is -2.17. The fourth-order valence-electron chi connectivity index (χ4n) is 1.92. The average Bonchev–Trinajstić information content (AvgIpc) is 2.39. The number of benzene rings is 2. The van der Waals surface area contributed by atoms with Crippen LogP contribution in [0.15, 0.2) is 42.5 Å². The van der Waals surface area contributed by atoms with Crippen molar-refractivity contribution in [3.05, 3.63) is 59.4 Å². The van der Waals surface area contributed by atoms with Gasteiger partial charge in [0.15, 0.2) is 0 Å². The number of nitriles is 1. The summed E-state index contributed by atoms with van der Waals surface area (Å²) in [5.74, 6) is -0.394. The van der Waals surface area contributed by atoms with Gasteiger partial charge in [0, 0.05) is 5.56 Å². The molecular formula is C15H13FN2O. The van der Waals surface area contributed by atoms with Gasteiger partial charge in [-0.05, 0) is 25.1 Å². The Hall–Kier alpha value is -2.54. The maximum Gasteiger partial charge on any atom is 0.143 e. The zero-order valence-electron chi connectivity index (χ0n) is 10.4. The number of para-hydroxylation sites is 1. The van der Waals surface area contributed by atoms with Crippen LogP contribution in [-0.4, -0.2) is 5.11 Å². The Balaban J connectivity index is 2.30. The molecule has 19 heavy (non-hydrogen) atoms. The van der Waals surface area contributed by atoms with E-state index in [1.807, 2.05) is 19.1 Å². The molecule has 2 N–H and O–H groups in total. The maximum atomic E-state index is 13.5. The average molecular weight is 256 g/mol. The topological polar surface area (TPSA) is 56.0 Å². The van der Waals surface area contributed by atoms with E-state index in [4.69, 9.17) is 5.26 Å². The lowest BCUT2D eigenvalue weighted by atomic mass is 10.1. The van der Waals surface area contributed by atoms with E-state index in [0.717, 1.165) is 0 Å². The predicted octanol–water partition coefficient (Wildman–Crippen LogP) is 3.58. The highest BCUT2D eigenvalue weighted by molar-refractivity contribution is 5.59. The number of rotatable bonds is 3. The molecule has 1 atom stereocenters. The Kier molecular flexibility index (Phi) is 3.67. The molecule has 0 aliphatic rings. The molecule has 0 aromatic heterocycles. The molecule has 2 aromatic carbocycles. The first-order valence-corrected chi connectivity index (χ1v) is 5.86. The van der Waals surface area contributed by atoms with Crippen molar-refractivity contribution in [1.29, 1.82) is 5.26 Å². The standard InChI is InChI=1S/C15H13FN2O/c1-10(11-5-2-3-8-15(11)19)18-14-7-4-6-13(16)12(14)9-17/h2-8,10,18-19H,1H3. The van der Waals surface area contributed by atoms with Crippen molar-refractivity contribution < 1.29 is 9.50 Å². The molecular weight excluding hydrogens is 243 g/mol.